The minimum atomic E-state index is -0.455. The summed E-state index contributed by atoms with van der Waals surface area (Å²) in [7, 11) is -0.455. The Balaban J connectivity index is 1.96. The third-order valence-corrected chi connectivity index (χ3v) is 5.44. The minimum absolute atomic E-state index is 0.455. The molecular formula is C20H17P. The van der Waals surface area contributed by atoms with Gasteiger partial charge in [0, 0.05) is 0 Å². The molecule has 0 nitrogen and oxygen atoms in total. The molecule has 0 saturated carbocycles. The van der Waals surface area contributed by atoms with Crippen molar-refractivity contribution in [1.29, 1.82) is 0 Å². The molecule has 3 aromatic carbocycles. The minimum Gasteiger partial charge on any atom is -0.0622 e. The van der Waals surface area contributed by atoms with E-state index in [1.165, 1.54) is 16.2 Å². The summed E-state index contributed by atoms with van der Waals surface area (Å²) in [6.45, 7) is 0. The quantitative estimate of drug-likeness (QED) is 0.605. The first-order valence-corrected chi connectivity index (χ1v) is 8.47. The Morgan fingerprint density at radius 3 is 1.43 bits per heavy atom. The van der Waals surface area contributed by atoms with Crippen LogP contribution in [0.4, 0.5) is 0 Å². The SMILES string of the molecule is C(=CP(c1ccccc1)c1ccccc1)c1ccccc1. The van der Waals surface area contributed by atoms with Crippen molar-refractivity contribution in [2.45, 2.75) is 0 Å². The predicted octanol–water partition coefficient (Wildman–Crippen LogP) is 4.79. The van der Waals surface area contributed by atoms with Gasteiger partial charge >= 0.3 is 0 Å². The number of benzene rings is 3. The molecule has 3 rings (SSSR count). The Hall–Kier alpha value is -2.17. The topological polar surface area (TPSA) is 0 Å². The van der Waals surface area contributed by atoms with E-state index in [4.69, 9.17) is 0 Å². The molecule has 0 amide bonds. The molecule has 1 heteroatoms. The average molecular weight is 288 g/mol. The van der Waals surface area contributed by atoms with Gasteiger partial charge in [-0.1, -0.05) is 103 Å². The van der Waals surface area contributed by atoms with Crippen molar-refractivity contribution >= 4 is 24.6 Å². The highest BCUT2D eigenvalue weighted by Gasteiger charge is 2.09. The monoisotopic (exact) mass is 288 g/mol. The van der Waals surface area contributed by atoms with Crippen LogP contribution in [0.15, 0.2) is 96.8 Å². The van der Waals surface area contributed by atoms with Crippen LogP contribution in [0, 0.1) is 0 Å². The zero-order valence-corrected chi connectivity index (χ0v) is 12.7. The molecule has 3 aromatic rings. The Bertz CT molecular complexity index is 648. The predicted molar refractivity (Wildman–Crippen MR) is 94.5 cm³/mol. The second-order valence-electron chi connectivity index (χ2n) is 4.77. The van der Waals surface area contributed by atoms with Crippen molar-refractivity contribution < 1.29 is 0 Å². The van der Waals surface area contributed by atoms with Gasteiger partial charge in [0.05, 0.1) is 0 Å². The first-order chi connectivity index (χ1) is 10.4. The van der Waals surface area contributed by atoms with Gasteiger partial charge in [0.2, 0.25) is 0 Å². The molecule has 0 heterocycles. The molecule has 0 atom stereocenters. The fourth-order valence-electron chi connectivity index (χ4n) is 2.22. The maximum Gasteiger partial charge on any atom is -0.0157 e. The van der Waals surface area contributed by atoms with Crippen LogP contribution >= 0.6 is 7.92 Å². The van der Waals surface area contributed by atoms with Gasteiger partial charge in [-0.15, -0.1) is 0 Å². The summed E-state index contributed by atoms with van der Waals surface area (Å²) in [5.74, 6) is 2.34. The van der Waals surface area contributed by atoms with Crippen LogP contribution in [0.1, 0.15) is 5.56 Å². The summed E-state index contributed by atoms with van der Waals surface area (Å²) in [4.78, 5) is 0. The highest BCUT2D eigenvalue weighted by atomic mass is 31.1. The van der Waals surface area contributed by atoms with Gasteiger partial charge in [-0.3, -0.25) is 0 Å². The molecular weight excluding hydrogens is 271 g/mol. The molecule has 0 saturated heterocycles. The normalized spacial score (nSPS) is 11.1. The van der Waals surface area contributed by atoms with E-state index in [0.29, 0.717) is 0 Å². The first kappa shape index (κ1) is 13.8. The lowest BCUT2D eigenvalue weighted by atomic mass is 10.2. The van der Waals surface area contributed by atoms with Gasteiger partial charge in [-0.2, -0.15) is 0 Å². The molecule has 0 aliphatic rings. The largest absolute Gasteiger partial charge is 0.0622 e. The molecule has 0 aliphatic carbocycles. The van der Waals surface area contributed by atoms with Crippen molar-refractivity contribution in [1.82, 2.24) is 0 Å². The summed E-state index contributed by atoms with van der Waals surface area (Å²) in [6, 6.07) is 32.0. The van der Waals surface area contributed by atoms with Crippen LogP contribution in [0.5, 0.6) is 0 Å². The third-order valence-electron chi connectivity index (χ3n) is 3.28. The van der Waals surface area contributed by atoms with Crippen molar-refractivity contribution in [3.63, 3.8) is 0 Å². The van der Waals surface area contributed by atoms with Crippen molar-refractivity contribution in [2.24, 2.45) is 0 Å². The van der Waals surface area contributed by atoms with Gasteiger partial charge in [-0.25, -0.2) is 0 Å². The van der Waals surface area contributed by atoms with E-state index in [1.54, 1.807) is 0 Å². The fourth-order valence-corrected chi connectivity index (χ4v) is 4.17. The zero-order valence-electron chi connectivity index (χ0n) is 11.8. The van der Waals surface area contributed by atoms with Crippen LogP contribution in [0.3, 0.4) is 0 Å². The Kier molecular flexibility index (Phi) is 4.61. The highest BCUT2D eigenvalue weighted by Crippen LogP contribution is 2.35. The van der Waals surface area contributed by atoms with Crippen LogP contribution in [0.2, 0.25) is 0 Å². The van der Waals surface area contributed by atoms with Gasteiger partial charge in [0.25, 0.3) is 0 Å². The maximum atomic E-state index is 2.34. The lowest BCUT2D eigenvalue weighted by molar-refractivity contribution is 1.66. The molecule has 0 aromatic heterocycles. The van der Waals surface area contributed by atoms with Crippen LogP contribution in [0.25, 0.3) is 6.08 Å². The van der Waals surface area contributed by atoms with Gasteiger partial charge in [0.15, 0.2) is 0 Å². The van der Waals surface area contributed by atoms with E-state index >= 15 is 0 Å². The summed E-state index contributed by atoms with van der Waals surface area (Å²) >= 11 is 0. The van der Waals surface area contributed by atoms with Crippen molar-refractivity contribution in [3.8, 4) is 0 Å². The third kappa shape index (κ3) is 3.68. The van der Waals surface area contributed by atoms with Gasteiger partial charge in [-0.05, 0) is 24.1 Å². The molecule has 0 fully saturated rings. The van der Waals surface area contributed by atoms with Crippen LogP contribution in [-0.4, -0.2) is 0 Å². The molecule has 21 heavy (non-hydrogen) atoms. The molecule has 0 spiro atoms. The number of rotatable bonds is 4. The summed E-state index contributed by atoms with van der Waals surface area (Å²) in [5, 5.41) is 2.76. The highest BCUT2D eigenvalue weighted by molar-refractivity contribution is 7.75. The Morgan fingerprint density at radius 1 is 0.524 bits per heavy atom. The van der Waals surface area contributed by atoms with E-state index in [2.05, 4.69) is 103 Å². The standard InChI is InChI=1S/C20H17P/c1-4-10-18(11-5-1)16-17-21(19-12-6-2-7-13-19)20-14-8-3-9-15-20/h1-17H. The molecule has 0 bridgehead atoms. The lowest BCUT2D eigenvalue weighted by Gasteiger charge is -2.14. The van der Waals surface area contributed by atoms with Gasteiger partial charge in [0.1, 0.15) is 0 Å². The maximum absolute atomic E-state index is 2.34. The molecule has 0 aliphatic heterocycles. The zero-order chi connectivity index (χ0) is 14.3. The van der Waals surface area contributed by atoms with Crippen LogP contribution in [-0.2, 0) is 0 Å². The van der Waals surface area contributed by atoms with E-state index in [0.717, 1.165) is 0 Å². The first-order valence-electron chi connectivity index (χ1n) is 7.06. The lowest BCUT2D eigenvalue weighted by Crippen LogP contribution is -2.09. The molecule has 0 radical (unpaired) electrons. The summed E-state index contributed by atoms with van der Waals surface area (Å²) in [5.41, 5.74) is 1.25. The van der Waals surface area contributed by atoms with E-state index in [-0.39, 0.29) is 0 Å². The fraction of sp³-hybridized carbons (Fsp3) is 0. The Morgan fingerprint density at radius 2 is 0.952 bits per heavy atom. The molecule has 102 valence electrons. The average Bonchev–Trinajstić information content (AvgIpc) is 2.58. The van der Waals surface area contributed by atoms with Crippen molar-refractivity contribution in [2.75, 3.05) is 0 Å². The molecule has 0 N–H and O–H groups in total. The van der Waals surface area contributed by atoms with Crippen molar-refractivity contribution in [3.05, 3.63) is 102 Å². The smallest absolute Gasteiger partial charge is 0.0157 e. The second kappa shape index (κ2) is 7.02. The Labute approximate surface area is 127 Å². The molecule has 0 unspecified atom stereocenters. The number of hydrogen-bond donors (Lipinski definition) is 0. The van der Waals surface area contributed by atoms with E-state index in [9.17, 15) is 0 Å². The summed E-state index contributed by atoms with van der Waals surface area (Å²) < 4.78 is 0. The van der Waals surface area contributed by atoms with E-state index in [1.807, 2.05) is 0 Å². The number of hydrogen-bond acceptors (Lipinski definition) is 0. The van der Waals surface area contributed by atoms with Crippen LogP contribution < -0.4 is 10.6 Å². The van der Waals surface area contributed by atoms with E-state index < -0.39 is 7.92 Å². The summed E-state index contributed by atoms with van der Waals surface area (Å²) in [6.07, 6.45) is 2.23. The second-order valence-corrected chi connectivity index (χ2v) is 6.84. The van der Waals surface area contributed by atoms with Gasteiger partial charge < -0.3 is 0 Å².